The van der Waals surface area contributed by atoms with Gasteiger partial charge in [-0.05, 0) is 6.07 Å². The number of anilines is 1. The zero-order valence-corrected chi connectivity index (χ0v) is 8.53. The molecule has 0 heterocycles. The summed E-state index contributed by atoms with van der Waals surface area (Å²) in [4.78, 5) is 0. The van der Waals surface area contributed by atoms with Crippen molar-refractivity contribution in [2.24, 2.45) is 0 Å². The van der Waals surface area contributed by atoms with Crippen molar-refractivity contribution in [2.75, 3.05) is 5.73 Å². The van der Waals surface area contributed by atoms with E-state index in [-0.39, 0.29) is 5.46 Å². The summed E-state index contributed by atoms with van der Waals surface area (Å²) in [7, 11) is 5.13. The van der Waals surface area contributed by atoms with Crippen LogP contribution >= 0.6 is 0 Å². The second kappa shape index (κ2) is 4.06. The summed E-state index contributed by atoms with van der Waals surface area (Å²) in [6, 6.07) is 1.77. The Morgan fingerprint density at radius 2 is 1.44 bits per heavy atom. The van der Waals surface area contributed by atoms with Crippen LogP contribution in [-0.4, -0.2) is 19.9 Å². The normalized spacial score (nSPS) is 13.7. The van der Waals surface area contributed by atoms with Crippen LogP contribution in [-0.2, 0) is 5.92 Å². The topological polar surface area (TPSA) is 26.0 Å². The molecule has 1 nitrogen and oxygen atoms in total. The van der Waals surface area contributed by atoms with Gasteiger partial charge >= 0.3 is 18.0 Å². The van der Waals surface area contributed by atoms with Crippen LogP contribution in [0.1, 0.15) is 5.56 Å². The minimum Gasteiger partial charge on any atom is -0.398 e. The number of alkyl halides is 7. The van der Waals surface area contributed by atoms with Crippen LogP contribution in [0.4, 0.5) is 36.4 Å². The predicted octanol–water partition coefficient (Wildman–Crippen LogP) is 2.35. The summed E-state index contributed by atoms with van der Waals surface area (Å²) in [6.45, 7) is 0. The van der Waals surface area contributed by atoms with Crippen LogP contribution in [0, 0.1) is 0 Å². The van der Waals surface area contributed by atoms with Gasteiger partial charge in [0.15, 0.2) is 0 Å². The monoisotopic (exact) mass is 271 g/mol. The molecule has 9 heteroatoms. The fourth-order valence-electron chi connectivity index (χ4n) is 1.21. The van der Waals surface area contributed by atoms with Crippen LogP contribution in [0.2, 0.25) is 0 Å². The second-order valence-corrected chi connectivity index (χ2v) is 3.49. The zero-order valence-electron chi connectivity index (χ0n) is 8.53. The Hall–Kier alpha value is -1.41. The number of nitrogens with two attached hydrogens (primary N) is 1. The molecule has 0 saturated carbocycles. The van der Waals surface area contributed by atoms with E-state index < -0.39 is 29.3 Å². The van der Waals surface area contributed by atoms with Gasteiger partial charge in [-0.15, -0.1) is 0 Å². The first-order valence-electron chi connectivity index (χ1n) is 4.39. The number of halogens is 7. The predicted molar refractivity (Wildman–Crippen MR) is 51.1 cm³/mol. The Bertz CT molecular complexity index is 455. The highest BCUT2D eigenvalue weighted by Crippen LogP contribution is 2.52. The summed E-state index contributed by atoms with van der Waals surface area (Å²) in [5, 5.41) is 0. The van der Waals surface area contributed by atoms with Gasteiger partial charge in [0, 0.05) is 5.69 Å². The van der Waals surface area contributed by atoms with Crippen LogP contribution in [0.15, 0.2) is 18.2 Å². The Labute approximate surface area is 98.2 Å². The minimum absolute atomic E-state index is 0.137. The van der Waals surface area contributed by atoms with Gasteiger partial charge in [0.1, 0.15) is 7.85 Å². The molecule has 0 aliphatic heterocycles. The van der Waals surface area contributed by atoms with Gasteiger partial charge in [-0.3, -0.25) is 0 Å². The van der Waals surface area contributed by atoms with Gasteiger partial charge in [-0.1, -0.05) is 17.6 Å². The van der Waals surface area contributed by atoms with Crippen LogP contribution < -0.4 is 11.2 Å². The molecule has 0 aliphatic rings. The van der Waals surface area contributed by atoms with E-state index >= 15 is 0 Å². The molecule has 0 atom stereocenters. The van der Waals surface area contributed by atoms with E-state index in [1.54, 1.807) is 0 Å². The Kier molecular flexibility index (Phi) is 3.31. The molecule has 0 bridgehead atoms. The summed E-state index contributed by atoms with van der Waals surface area (Å²) >= 11 is 0. The van der Waals surface area contributed by atoms with Crippen molar-refractivity contribution in [3.05, 3.63) is 23.8 Å². The standard InChI is InChI=1S/C9H5BF7N/c10-4-1-2-5(6(18)3-4)7(11,12)8(13,14)9(15,16)17/h1-3H,18H2. The molecular formula is C9H5BF7N. The maximum atomic E-state index is 13.2. The number of hydrogen-bond donors (Lipinski definition) is 1. The maximum absolute atomic E-state index is 13.2. The van der Waals surface area contributed by atoms with Crippen LogP contribution in [0.25, 0.3) is 0 Å². The average molecular weight is 271 g/mol. The van der Waals surface area contributed by atoms with Crippen LogP contribution in [0.3, 0.4) is 0 Å². The van der Waals surface area contributed by atoms with E-state index in [0.717, 1.165) is 6.07 Å². The molecule has 0 fully saturated rings. The molecule has 0 unspecified atom stereocenters. The first kappa shape index (κ1) is 14.7. The van der Waals surface area contributed by atoms with E-state index in [2.05, 4.69) is 0 Å². The number of nitrogen functional groups attached to an aromatic ring is 1. The quantitative estimate of drug-likeness (QED) is 0.498. The minimum atomic E-state index is -6.40. The molecule has 18 heavy (non-hydrogen) atoms. The largest absolute Gasteiger partial charge is 0.460 e. The first-order chi connectivity index (χ1) is 7.91. The first-order valence-corrected chi connectivity index (χ1v) is 4.39. The fourth-order valence-corrected chi connectivity index (χ4v) is 1.21. The SMILES string of the molecule is [B]c1ccc(C(F)(F)C(F)(F)C(F)(F)F)c(N)c1. The van der Waals surface area contributed by atoms with Crippen molar-refractivity contribution in [3.63, 3.8) is 0 Å². The van der Waals surface area contributed by atoms with Crippen molar-refractivity contribution < 1.29 is 30.7 Å². The van der Waals surface area contributed by atoms with Gasteiger partial charge in [0.2, 0.25) is 0 Å². The molecular weight excluding hydrogens is 266 g/mol. The van der Waals surface area contributed by atoms with Crippen molar-refractivity contribution in [1.29, 1.82) is 0 Å². The molecule has 2 N–H and O–H groups in total. The highest BCUT2D eigenvalue weighted by Gasteiger charge is 2.73. The Morgan fingerprint density at radius 3 is 1.83 bits per heavy atom. The Morgan fingerprint density at radius 1 is 0.944 bits per heavy atom. The molecule has 0 aliphatic carbocycles. The summed E-state index contributed by atoms with van der Waals surface area (Å²) in [5.41, 5.74) is 2.28. The van der Waals surface area contributed by atoms with Gasteiger partial charge in [0.25, 0.3) is 0 Å². The summed E-state index contributed by atoms with van der Waals surface area (Å²) in [5.74, 6) is -11.7. The number of hydrogen-bond acceptors (Lipinski definition) is 1. The van der Waals surface area contributed by atoms with Crippen molar-refractivity contribution in [2.45, 2.75) is 18.0 Å². The van der Waals surface area contributed by atoms with E-state index in [1.807, 2.05) is 0 Å². The zero-order chi connectivity index (χ0) is 14.4. The van der Waals surface area contributed by atoms with Gasteiger partial charge in [0.05, 0.1) is 5.56 Å². The van der Waals surface area contributed by atoms with Crippen molar-refractivity contribution in [1.82, 2.24) is 0 Å². The van der Waals surface area contributed by atoms with E-state index in [1.165, 1.54) is 0 Å². The third kappa shape index (κ3) is 2.13. The second-order valence-electron chi connectivity index (χ2n) is 3.49. The Balaban J connectivity index is 3.37. The molecule has 98 valence electrons. The van der Waals surface area contributed by atoms with Crippen LogP contribution in [0.5, 0.6) is 0 Å². The summed E-state index contributed by atoms with van der Waals surface area (Å²) in [6.07, 6.45) is -6.40. The molecule has 1 aromatic carbocycles. The smallest absolute Gasteiger partial charge is 0.398 e. The van der Waals surface area contributed by atoms with E-state index in [9.17, 15) is 30.7 Å². The maximum Gasteiger partial charge on any atom is 0.460 e. The highest BCUT2D eigenvalue weighted by atomic mass is 19.4. The van der Waals surface area contributed by atoms with E-state index in [4.69, 9.17) is 13.6 Å². The summed E-state index contributed by atoms with van der Waals surface area (Å²) < 4.78 is 87.7. The van der Waals surface area contributed by atoms with E-state index in [0.29, 0.717) is 12.1 Å². The lowest BCUT2D eigenvalue weighted by molar-refractivity contribution is -0.359. The van der Waals surface area contributed by atoms with Gasteiger partial charge in [-0.2, -0.15) is 30.7 Å². The van der Waals surface area contributed by atoms with Crippen molar-refractivity contribution >= 4 is 19.0 Å². The third-order valence-electron chi connectivity index (χ3n) is 2.16. The third-order valence-corrected chi connectivity index (χ3v) is 2.16. The lowest BCUT2D eigenvalue weighted by Crippen LogP contribution is -2.50. The molecule has 1 aromatic rings. The van der Waals surface area contributed by atoms with Gasteiger partial charge in [-0.25, -0.2) is 0 Å². The molecule has 2 radical (unpaired) electrons. The lowest BCUT2D eigenvalue weighted by Gasteiger charge is -2.29. The van der Waals surface area contributed by atoms with Crippen molar-refractivity contribution in [3.8, 4) is 0 Å². The average Bonchev–Trinajstić information content (AvgIpc) is 2.14. The molecule has 0 aromatic heterocycles. The molecule has 0 saturated heterocycles. The lowest BCUT2D eigenvalue weighted by atomic mass is 9.91. The number of rotatable bonds is 2. The molecule has 1 rings (SSSR count). The molecule has 0 spiro atoms. The number of benzene rings is 1. The fraction of sp³-hybridized carbons (Fsp3) is 0.333. The van der Waals surface area contributed by atoms with Gasteiger partial charge < -0.3 is 5.73 Å². The molecule has 0 amide bonds. The highest BCUT2D eigenvalue weighted by molar-refractivity contribution is 6.32.